The zero-order valence-electron chi connectivity index (χ0n) is 16.7. The third-order valence-corrected chi connectivity index (χ3v) is 7.87. The molecule has 0 N–H and O–H groups in total. The van der Waals surface area contributed by atoms with E-state index in [1.807, 2.05) is 24.3 Å². The predicted molar refractivity (Wildman–Crippen MR) is 114 cm³/mol. The molecule has 31 heavy (non-hydrogen) atoms. The average molecular weight is 458 g/mol. The van der Waals surface area contributed by atoms with Crippen molar-refractivity contribution in [3.63, 3.8) is 0 Å². The van der Waals surface area contributed by atoms with Crippen molar-refractivity contribution in [3.8, 4) is 0 Å². The van der Waals surface area contributed by atoms with Gasteiger partial charge in [-0.05, 0) is 29.8 Å². The fraction of sp³-hybridized carbons (Fsp3) is 0.286. The van der Waals surface area contributed by atoms with Crippen molar-refractivity contribution in [1.82, 2.24) is 23.7 Å². The number of benzene rings is 1. The SMILES string of the molecule is Cn1cnc(S(=O)(=O)N2CC(c3ccccn3)C(N3Cc4ccc(Cl)cc4C3=O)C2)c1. The first-order valence-corrected chi connectivity index (χ1v) is 11.6. The summed E-state index contributed by atoms with van der Waals surface area (Å²) in [6.45, 7) is 0.811. The van der Waals surface area contributed by atoms with Gasteiger partial charge in [-0.25, -0.2) is 13.4 Å². The van der Waals surface area contributed by atoms with Crippen LogP contribution in [0.1, 0.15) is 27.5 Å². The summed E-state index contributed by atoms with van der Waals surface area (Å²) < 4.78 is 29.5. The van der Waals surface area contributed by atoms with Crippen LogP contribution in [0.25, 0.3) is 0 Å². The molecule has 2 aliphatic heterocycles. The summed E-state index contributed by atoms with van der Waals surface area (Å²) in [7, 11) is -2.08. The minimum atomic E-state index is -3.80. The molecule has 2 aromatic heterocycles. The van der Waals surface area contributed by atoms with Gasteiger partial charge in [-0.1, -0.05) is 23.7 Å². The molecule has 0 bridgehead atoms. The van der Waals surface area contributed by atoms with Crippen LogP contribution in [-0.2, 0) is 23.6 Å². The fourth-order valence-corrected chi connectivity index (χ4v) is 5.99. The molecule has 1 amide bonds. The lowest BCUT2D eigenvalue weighted by atomic mass is 9.98. The molecular weight excluding hydrogens is 438 g/mol. The van der Waals surface area contributed by atoms with Crippen LogP contribution < -0.4 is 0 Å². The molecule has 160 valence electrons. The molecule has 2 atom stereocenters. The Balaban J connectivity index is 1.51. The van der Waals surface area contributed by atoms with Crippen LogP contribution in [0.2, 0.25) is 5.02 Å². The molecular formula is C21H20ClN5O3S. The van der Waals surface area contributed by atoms with Gasteiger partial charge in [-0.15, -0.1) is 0 Å². The van der Waals surface area contributed by atoms with Crippen molar-refractivity contribution in [2.75, 3.05) is 13.1 Å². The first-order chi connectivity index (χ1) is 14.8. The zero-order chi connectivity index (χ0) is 21.8. The maximum absolute atomic E-state index is 13.2. The topological polar surface area (TPSA) is 88.4 Å². The van der Waals surface area contributed by atoms with Gasteiger partial charge < -0.3 is 9.47 Å². The average Bonchev–Trinajstić information content (AvgIpc) is 3.47. The van der Waals surface area contributed by atoms with Gasteiger partial charge in [0, 0.05) is 61.3 Å². The van der Waals surface area contributed by atoms with Crippen LogP contribution in [0.15, 0.2) is 60.1 Å². The van der Waals surface area contributed by atoms with Crippen molar-refractivity contribution in [3.05, 3.63) is 77.0 Å². The number of carbonyl (C=O) groups excluding carboxylic acids is 1. The number of aryl methyl sites for hydroxylation is 1. The van der Waals surface area contributed by atoms with Gasteiger partial charge in [-0.3, -0.25) is 9.78 Å². The molecule has 1 fully saturated rings. The highest BCUT2D eigenvalue weighted by Gasteiger charge is 2.47. The van der Waals surface area contributed by atoms with Crippen molar-refractivity contribution >= 4 is 27.5 Å². The van der Waals surface area contributed by atoms with E-state index in [2.05, 4.69) is 9.97 Å². The molecule has 2 unspecified atom stereocenters. The van der Waals surface area contributed by atoms with Gasteiger partial charge in [0.05, 0.1) is 12.4 Å². The monoisotopic (exact) mass is 457 g/mol. The third-order valence-electron chi connectivity index (χ3n) is 5.91. The molecule has 2 aliphatic rings. The number of amides is 1. The third kappa shape index (κ3) is 3.42. The molecule has 4 heterocycles. The maximum Gasteiger partial charge on any atom is 0.262 e. The molecule has 8 nitrogen and oxygen atoms in total. The number of hydrogen-bond donors (Lipinski definition) is 0. The Morgan fingerprint density at radius 2 is 1.97 bits per heavy atom. The number of nitrogens with zero attached hydrogens (tertiary/aromatic N) is 5. The summed E-state index contributed by atoms with van der Waals surface area (Å²) in [6.07, 6.45) is 4.63. The first kappa shape index (κ1) is 20.2. The molecule has 0 saturated carbocycles. The Labute approximate surface area is 185 Å². The van der Waals surface area contributed by atoms with Gasteiger partial charge in [-0.2, -0.15) is 4.31 Å². The second kappa shape index (κ2) is 7.44. The van der Waals surface area contributed by atoms with E-state index < -0.39 is 10.0 Å². The van der Waals surface area contributed by atoms with E-state index in [1.165, 1.54) is 16.8 Å². The van der Waals surface area contributed by atoms with Crippen molar-refractivity contribution in [2.45, 2.75) is 23.5 Å². The smallest absolute Gasteiger partial charge is 0.262 e. The molecule has 1 aromatic carbocycles. The Morgan fingerprint density at radius 1 is 1.13 bits per heavy atom. The van der Waals surface area contributed by atoms with Crippen LogP contribution in [0, 0.1) is 0 Å². The highest BCUT2D eigenvalue weighted by Crippen LogP contribution is 2.37. The standard InChI is InChI=1S/C21H20ClN5O3S/c1-25-12-20(24-13-25)31(29,30)26-10-17(18-4-2-3-7-23-18)19(11-26)27-9-14-5-6-15(22)8-16(14)21(27)28/h2-8,12-13,17,19H,9-11H2,1H3. The van der Waals surface area contributed by atoms with Gasteiger partial charge in [0.2, 0.25) is 0 Å². The highest BCUT2D eigenvalue weighted by atomic mass is 35.5. The summed E-state index contributed by atoms with van der Waals surface area (Å²) in [6, 6.07) is 10.5. The quantitative estimate of drug-likeness (QED) is 0.599. The molecule has 0 aliphatic carbocycles. The molecule has 5 rings (SSSR count). The van der Waals surface area contributed by atoms with Crippen LogP contribution in [-0.4, -0.2) is 57.2 Å². The molecule has 10 heteroatoms. The maximum atomic E-state index is 13.2. The van der Waals surface area contributed by atoms with E-state index in [4.69, 9.17) is 11.6 Å². The van der Waals surface area contributed by atoms with Crippen molar-refractivity contribution in [1.29, 1.82) is 0 Å². The molecule has 1 saturated heterocycles. The summed E-state index contributed by atoms with van der Waals surface area (Å²) in [4.78, 5) is 23.4. The van der Waals surface area contributed by atoms with E-state index in [0.717, 1.165) is 11.3 Å². The van der Waals surface area contributed by atoms with E-state index in [9.17, 15) is 13.2 Å². The van der Waals surface area contributed by atoms with Crippen molar-refractivity contribution in [2.24, 2.45) is 7.05 Å². The van der Waals surface area contributed by atoms with E-state index in [0.29, 0.717) is 17.1 Å². The lowest BCUT2D eigenvalue weighted by Crippen LogP contribution is -2.41. The first-order valence-electron chi connectivity index (χ1n) is 9.83. The molecule has 0 spiro atoms. The van der Waals surface area contributed by atoms with Crippen LogP contribution in [0.3, 0.4) is 0 Å². The van der Waals surface area contributed by atoms with Crippen molar-refractivity contribution < 1.29 is 13.2 Å². The van der Waals surface area contributed by atoms with Crippen LogP contribution in [0.5, 0.6) is 0 Å². The largest absolute Gasteiger partial charge is 0.339 e. The van der Waals surface area contributed by atoms with E-state index in [1.54, 1.807) is 34.8 Å². The summed E-state index contributed by atoms with van der Waals surface area (Å²) >= 11 is 6.10. The van der Waals surface area contributed by atoms with Gasteiger partial charge in [0.15, 0.2) is 5.03 Å². The summed E-state index contributed by atoms with van der Waals surface area (Å²) in [5.41, 5.74) is 2.21. The highest BCUT2D eigenvalue weighted by molar-refractivity contribution is 7.89. The number of imidazole rings is 1. The summed E-state index contributed by atoms with van der Waals surface area (Å²) in [5, 5.41) is 0.499. The van der Waals surface area contributed by atoms with Crippen LogP contribution in [0.4, 0.5) is 0 Å². The van der Waals surface area contributed by atoms with Gasteiger partial charge >= 0.3 is 0 Å². The lowest BCUT2D eigenvalue weighted by Gasteiger charge is -2.28. The fourth-order valence-electron chi connectivity index (χ4n) is 4.37. The lowest BCUT2D eigenvalue weighted by molar-refractivity contribution is 0.0698. The predicted octanol–water partition coefficient (Wildman–Crippen LogP) is 2.28. The molecule has 3 aromatic rings. The number of carbonyl (C=O) groups is 1. The number of hydrogen-bond acceptors (Lipinski definition) is 5. The van der Waals surface area contributed by atoms with Gasteiger partial charge in [0.1, 0.15) is 0 Å². The number of pyridine rings is 1. The minimum absolute atomic E-state index is 0.00163. The number of sulfonamides is 1. The second-order valence-corrected chi connectivity index (χ2v) is 10.2. The van der Waals surface area contributed by atoms with E-state index in [-0.39, 0.29) is 36.0 Å². The Hall–Kier alpha value is -2.75. The Bertz CT molecular complexity index is 1260. The number of halogens is 1. The molecule has 0 radical (unpaired) electrons. The minimum Gasteiger partial charge on any atom is -0.339 e. The Kier molecular flexibility index (Phi) is 4.84. The number of aromatic nitrogens is 3. The van der Waals surface area contributed by atoms with Crippen LogP contribution >= 0.6 is 11.6 Å². The second-order valence-electron chi connectivity index (χ2n) is 7.86. The van der Waals surface area contributed by atoms with E-state index >= 15 is 0 Å². The normalized spacial score (nSPS) is 21.6. The summed E-state index contributed by atoms with van der Waals surface area (Å²) in [5.74, 6) is -0.395. The van der Waals surface area contributed by atoms with Gasteiger partial charge in [0.25, 0.3) is 15.9 Å². The number of fused-ring (bicyclic) bond motifs is 1. The number of rotatable bonds is 4. The zero-order valence-corrected chi connectivity index (χ0v) is 18.3. The Morgan fingerprint density at radius 3 is 2.68 bits per heavy atom.